The first-order valence-corrected chi connectivity index (χ1v) is 11.0. The molecule has 0 aromatic heterocycles. The fourth-order valence-corrected chi connectivity index (χ4v) is 2.02. The third-order valence-corrected chi connectivity index (χ3v) is 3.70. The summed E-state index contributed by atoms with van der Waals surface area (Å²) in [5.74, 6) is 0.300. The molecule has 0 bridgehead atoms. The topological polar surface area (TPSA) is 68.3 Å². The molecule has 0 amide bonds. The zero-order chi connectivity index (χ0) is 26.2. The van der Waals surface area contributed by atoms with Crippen LogP contribution in [0.2, 0.25) is 0 Å². The molecule has 0 spiro atoms. The molecule has 2 aromatic rings. The van der Waals surface area contributed by atoms with Crippen molar-refractivity contribution < 1.29 is 19.2 Å². The summed E-state index contributed by atoms with van der Waals surface area (Å²) in [5.41, 5.74) is 1.75. The lowest BCUT2D eigenvalue weighted by Gasteiger charge is -1.94. The Hall–Kier alpha value is -3.92. The highest BCUT2D eigenvalue weighted by Crippen LogP contribution is 2.05. The second-order valence-corrected chi connectivity index (χ2v) is 6.82. The van der Waals surface area contributed by atoms with Crippen molar-refractivity contribution in [2.75, 3.05) is 0 Å². The number of benzene rings is 2. The van der Waals surface area contributed by atoms with E-state index in [1.165, 1.54) is 32.1 Å². The third kappa shape index (κ3) is 21.3. The molecule has 2 rings (SSSR count). The van der Waals surface area contributed by atoms with Gasteiger partial charge < -0.3 is 0 Å². The summed E-state index contributed by atoms with van der Waals surface area (Å²) in [7, 11) is 0. The summed E-state index contributed by atoms with van der Waals surface area (Å²) >= 11 is 0. The van der Waals surface area contributed by atoms with Gasteiger partial charge in [-0.15, -0.1) is 0 Å². The summed E-state index contributed by atoms with van der Waals surface area (Å²) in [6.07, 6.45) is 10.9. The van der Waals surface area contributed by atoms with Crippen molar-refractivity contribution in [1.82, 2.24) is 0 Å². The molecule has 34 heavy (non-hydrogen) atoms. The van der Waals surface area contributed by atoms with Crippen molar-refractivity contribution in [3.8, 4) is 0 Å². The molecule has 180 valence electrons. The number of hydrogen-bond acceptors (Lipinski definition) is 4. The van der Waals surface area contributed by atoms with E-state index in [9.17, 15) is 19.2 Å². The first-order valence-electron chi connectivity index (χ1n) is 11.0. The van der Waals surface area contributed by atoms with Gasteiger partial charge in [0.15, 0.2) is 23.1 Å². The lowest BCUT2D eigenvalue weighted by atomic mass is 10.1. The van der Waals surface area contributed by atoms with Crippen LogP contribution >= 0.6 is 0 Å². The molecule has 0 saturated heterocycles. The van der Waals surface area contributed by atoms with E-state index >= 15 is 0 Å². The minimum absolute atomic E-state index is 0.0185. The van der Waals surface area contributed by atoms with Gasteiger partial charge in [0.05, 0.1) is 0 Å². The number of carbonyl (C=O) groups excluding carboxylic acids is 4. The maximum Gasteiger partial charge on any atom is 0.185 e. The monoisotopic (exact) mass is 460 g/mol. The van der Waals surface area contributed by atoms with E-state index in [0.717, 1.165) is 17.5 Å². The third-order valence-electron chi connectivity index (χ3n) is 3.70. The molecule has 0 atom stereocenters. The lowest BCUT2D eigenvalue weighted by molar-refractivity contribution is -0.115. The predicted molar refractivity (Wildman–Crippen MR) is 143 cm³/mol. The predicted octanol–water partition coefficient (Wildman–Crippen LogP) is 7.04. The highest BCUT2D eigenvalue weighted by molar-refractivity contribution is 6.06. The highest BCUT2D eigenvalue weighted by atomic mass is 16.1. The molecule has 0 saturated carbocycles. The zero-order valence-corrected chi connectivity index (χ0v) is 20.7. The molecule has 2 aromatic carbocycles. The van der Waals surface area contributed by atoms with Crippen LogP contribution in [-0.4, -0.2) is 23.1 Å². The summed E-state index contributed by atoms with van der Waals surface area (Å²) < 4.78 is 0. The molecule has 0 heterocycles. The Kier molecular flexibility index (Phi) is 21.1. The Balaban J connectivity index is 0. The van der Waals surface area contributed by atoms with E-state index in [1.54, 1.807) is 12.2 Å². The maximum atomic E-state index is 11.7. The molecular weight excluding hydrogens is 424 g/mol. The van der Waals surface area contributed by atoms with E-state index in [0.29, 0.717) is 6.42 Å². The maximum absolute atomic E-state index is 11.7. The largest absolute Gasteiger partial charge is 0.295 e. The summed E-state index contributed by atoms with van der Waals surface area (Å²) in [5, 5.41) is 0. The summed E-state index contributed by atoms with van der Waals surface area (Å²) in [4.78, 5) is 41.7. The number of ketones is 4. The minimum Gasteiger partial charge on any atom is -0.295 e. The van der Waals surface area contributed by atoms with Gasteiger partial charge in [0.2, 0.25) is 0 Å². The number of hydrogen-bond donors (Lipinski definition) is 0. The van der Waals surface area contributed by atoms with Crippen molar-refractivity contribution in [2.24, 2.45) is 0 Å². The van der Waals surface area contributed by atoms with Crippen molar-refractivity contribution in [3.05, 3.63) is 115 Å². The van der Waals surface area contributed by atoms with Gasteiger partial charge >= 0.3 is 0 Å². The molecule has 0 aliphatic heterocycles. The quantitative estimate of drug-likeness (QED) is 0.313. The first-order chi connectivity index (χ1) is 16.2. The van der Waals surface area contributed by atoms with Gasteiger partial charge in [0, 0.05) is 12.0 Å². The fraction of sp³-hybridized carbons (Fsp3) is 0.200. The van der Waals surface area contributed by atoms with Crippen LogP contribution < -0.4 is 0 Å². The fourth-order valence-electron chi connectivity index (χ4n) is 2.02. The number of allylic oxidation sites excluding steroid dienone is 5. The summed E-state index contributed by atoms with van der Waals surface area (Å²) in [6.45, 7) is 13.3. The Labute approximate surface area is 204 Å². The molecule has 0 unspecified atom stereocenters. The van der Waals surface area contributed by atoms with E-state index < -0.39 is 0 Å². The van der Waals surface area contributed by atoms with Gasteiger partial charge in [-0.05, 0) is 57.1 Å². The van der Waals surface area contributed by atoms with Gasteiger partial charge in [0.1, 0.15) is 0 Å². The molecule has 0 aliphatic rings. The number of carbonyl (C=O) groups is 4. The summed E-state index contributed by atoms with van der Waals surface area (Å²) in [6, 6.07) is 19.1. The second-order valence-electron chi connectivity index (χ2n) is 6.82. The van der Waals surface area contributed by atoms with Crippen LogP contribution in [0, 0.1) is 0 Å². The van der Waals surface area contributed by atoms with E-state index in [4.69, 9.17) is 0 Å². The molecule has 4 heteroatoms. The van der Waals surface area contributed by atoms with Crippen LogP contribution in [-0.2, 0) is 14.4 Å². The van der Waals surface area contributed by atoms with Crippen LogP contribution in [0.15, 0.2) is 104 Å². The van der Waals surface area contributed by atoms with E-state index in [2.05, 4.69) is 13.2 Å². The first kappa shape index (κ1) is 32.3. The van der Waals surface area contributed by atoms with Crippen LogP contribution in [0.5, 0.6) is 0 Å². The molecule has 0 N–H and O–H groups in total. The van der Waals surface area contributed by atoms with Gasteiger partial charge in [-0.2, -0.15) is 0 Å². The van der Waals surface area contributed by atoms with Gasteiger partial charge in [0.25, 0.3) is 0 Å². The van der Waals surface area contributed by atoms with Crippen LogP contribution in [0.3, 0.4) is 0 Å². The normalized spacial score (nSPS) is 9.29. The van der Waals surface area contributed by atoms with E-state index in [1.807, 2.05) is 80.6 Å². The van der Waals surface area contributed by atoms with Crippen LogP contribution in [0.4, 0.5) is 0 Å². The standard InChI is InChI=1S/C15H12O.C6H10O.C5H8O.C4H6O/c16-15(14-9-5-2-6-10-14)12-11-13-7-3-1-4-8-13;1-3-5-6(7)4-2;1-3-4-5(2)6;1-3-4(2)5/h1-12H;4H,2-3,5H2,1H3;3-4H,1-2H3;3H,1H2,2H3. The minimum atomic E-state index is 0.0185. The molecule has 4 nitrogen and oxygen atoms in total. The Morgan fingerprint density at radius 1 is 0.765 bits per heavy atom. The van der Waals surface area contributed by atoms with Crippen molar-refractivity contribution in [1.29, 1.82) is 0 Å². The average molecular weight is 461 g/mol. The SMILES string of the molecule is C=CC(=O)CCC.C=CC(C)=O.CC=CC(C)=O.O=C(C=Cc1ccccc1)c1ccccc1. The van der Waals surface area contributed by atoms with E-state index in [-0.39, 0.29) is 23.1 Å². The second kappa shape index (κ2) is 22.3. The Bertz CT molecular complexity index is 936. The molecule has 0 radical (unpaired) electrons. The molecule has 0 fully saturated rings. The van der Waals surface area contributed by atoms with Crippen molar-refractivity contribution in [2.45, 2.75) is 40.5 Å². The smallest absolute Gasteiger partial charge is 0.185 e. The zero-order valence-electron chi connectivity index (χ0n) is 20.7. The van der Waals surface area contributed by atoms with Gasteiger partial charge in [-0.3, -0.25) is 19.2 Å². The van der Waals surface area contributed by atoms with Crippen molar-refractivity contribution in [3.63, 3.8) is 0 Å². The molecule has 0 aliphatic carbocycles. The highest BCUT2D eigenvalue weighted by Gasteiger charge is 1.98. The van der Waals surface area contributed by atoms with Gasteiger partial charge in [-0.25, -0.2) is 0 Å². The molecular formula is C30H36O4. The lowest BCUT2D eigenvalue weighted by Crippen LogP contribution is -1.92. The Morgan fingerprint density at radius 2 is 1.26 bits per heavy atom. The number of rotatable bonds is 8. The van der Waals surface area contributed by atoms with Crippen molar-refractivity contribution >= 4 is 29.2 Å². The van der Waals surface area contributed by atoms with Gasteiger partial charge in [-0.1, -0.05) is 92.9 Å². The van der Waals surface area contributed by atoms with Crippen LogP contribution in [0.1, 0.15) is 56.5 Å². The Morgan fingerprint density at radius 3 is 1.59 bits per heavy atom. The van der Waals surface area contributed by atoms with Crippen LogP contribution in [0.25, 0.3) is 6.08 Å². The average Bonchev–Trinajstić information content (AvgIpc) is 2.85.